The third-order valence-electron chi connectivity index (χ3n) is 5.05. The van der Waals surface area contributed by atoms with E-state index in [1.54, 1.807) is 30.5 Å². The Balaban J connectivity index is 1.52. The Morgan fingerprint density at radius 3 is 2.64 bits per heavy atom. The van der Waals surface area contributed by atoms with Crippen molar-refractivity contribution in [1.29, 1.82) is 0 Å². The number of pyridine rings is 1. The van der Waals surface area contributed by atoms with Gasteiger partial charge in [0.15, 0.2) is 0 Å². The van der Waals surface area contributed by atoms with Crippen LogP contribution in [0.25, 0.3) is 10.9 Å². The van der Waals surface area contributed by atoms with Crippen LogP contribution in [0, 0.1) is 16.0 Å². The quantitative estimate of drug-likeness (QED) is 0.683. The summed E-state index contributed by atoms with van der Waals surface area (Å²) in [6.07, 6.45) is 5.46. The number of rotatable bonds is 4. The van der Waals surface area contributed by atoms with Gasteiger partial charge in [-0.25, -0.2) is 0 Å². The number of carbonyl (C=O) groups is 1. The van der Waals surface area contributed by atoms with Crippen molar-refractivity contribution >= 4 is 28.2 Å². The molecule has 2 fully saturated rings. The summed E-state index contributed by atoms with van der Waals surface area (Å²) >= 11 is 0. The van der Waals surface area contributed by atoms with Gasteiger partial charge in [-0.1, -0.05) is 0 Å². The molecule has 0 atom stereocenters. The van der Waals surface area contributed by atoms with Crippen molar-refractivity contribution in [2.45, 2.75) is 31.7 Å². The molecular formula is C18H20N4O3. The number of piperidine rings is 1. The van der Waals surface area contributed by atoms with Crippen LogP contribution in [0.2, 0.25) is 0 Å². The molecule has 1 saturated carbocycles. The van der Waals surface area contributed by atoms with E-state index in [-0.39, 0.29) is 28.5 Å². The number of aromatic nitrogens is 1. The number of non-ortho nitro benzene ring substituents is 1. The monoisotopic (exact) mass is 340 g/mol. The predicted molar refractivity (Wildman–Crippen MR) is 94.5 cm³/mol. The van der Waals surface area contributed by atoms with Crippen molar-refractivity contribution in [1.82, 2.24) is 10.3 Å². The van der Waals surface area contributed by atoms with Crippen LogP contribution in [0.4, 0.5) is 11.4 Å². The molecule has 130 valence electrons. The van der Waals surface area contributed by atoms with E-state index in [9.17, 15) is 14.9 Å². The molecule has 1 aromatic heterocycles. The van der Waals surface area contributed by atoms with Crippen LogP contribution in [0.1, 0.15) is 25.7 Å². The molecule has 1 aromatic carbocycles. The number of hydrogen-bond acceptors (Lipinski definition) is 5. The molecular weight excluding hydrogens is 320 g/mol. The van der Waals surface area contributed by atoms with Gasteiger partial charge in [0.2, 0.25) is 5.91 Å². The minimum Gasteiger partial charge on any atom is -0.370 e. The summed E-state index contributed by atoms with van der Waals surface area (Å²) in [6, 6.07) is 7.03. The molecule has 0 bridgehead atoms. The molecule has 0 spiro atoms. The molecule has 1 aliphatic heterocycles. The lowest BCUT2D eigenvalue weighted by Crippen LogP contribution is -2.45. The van der Waals surface area contributed by atoms with Gasteiger partial charge in [0.05, 0.1) is 16.0 Å². The topological polar surface area (TPSA) is 88.4 Å². The predicted octanol–water partition coefficient (Wildman–Crippen LogP) is 2.64. The van der Waals surface area contributed by atoms with E-state index in [1.807, 2.05) is 0 Å². The average molecular weight is 340 g/mol. The second-order valence-electron chi connectivity index (χ2n) is 6.80. The van der Waals surface area contributed by atoms with Gasteiger partial charge in [-0.05, 0) is 43.9 Å². The molecule has 7 nitrogen and oxygen atoms in total. The first kappa shape index (κ1) is 15.8. The summed E-state index contributed by atoms with van der Waals surface area (Å²) in [4.78, 5) is 29.4. The Hall–Kier alpha value is -2.70. The van der Waals surface area contributed by atoms with Crippen LogP contribution in [0.15, 0.2) is 30.5 Å². The van der Waals surface area contributed by atoms with E-state index in [2.05, 4.69) is 15.2 Å². The van der Waals surface area contributed by atoms with Crippen LogP contribution >= 0.6 is 0 Å². The van der Waals surface area contributed by atoms with Crippen molar-refractivity contribution in [3.63, 3.8) is 0 Å². The third-order valence-corrected chi connectivity index (χ3v) is 5.05. The zero-order chi connectivity index (χ0) is 17.4. The maximum absolute atomic E-state index is 11.9. The Bertz CT molecular complexity index is 826. The van der Waals surface area contributed by atoms with Crippen LogP contribution in [0.5, 0.6) is 0 Å². The second kappa shape index (κ2) is 6.31. The summed E-state index contributed by atoms with van der Waals surface area (Å²) in [5.74, 6) is 0.432. The number of nitrogens with zero attached hydrogens (tertiary/aromatic N) is 3. The molecule has 1 saturated heterocycles. The molecule has 0 radical (unpaired) electrons. The van der Waals surface area contributed by atoms with E-state index in [4.69, 9.17) is 0 Å². The number of nitro benzene ring substituents is 1. The molecule has 7 heteroatoms. The Morgan fingerprint density at radius 2 is 1.96 bits per heavy atom. The molecule has 0 unspecified atom stereocenters. The van der Waals surface area contributed by atoms with Gasteiger partial charge in [0.1, 0.15) is 5.52 Å². The number of anilines is 1. The van der Waals surface area contributed by atoms with Crippen molar-refractivity contribution in [3.8, 4) is 0 Å². The second-order valence-corrected chi connectivity index (χ2v) is 6.80. The van der Waals surface area contributed by atoms with E-state index in [1.165, 1.54) is 0 Å². The molecule has 1 amide bonds. The number of fused-ring (bicyclic) bond motifs is 1. The lowest BCUT2D eigenvalue weighted by molar-refractivity contribution is -0.383. The zero-order valence-corrected chi connectivity index (χ0v) is 13.9. The van der Waals surface area contributed by atoms with Gasteiger partial charge in [-0.2, -0.15) is 0 Å². The summed E-state index contributed by atoms with van der Waals surface area (Å²) in [5.41, 5.74) is 1.67. The smallest absolute Gasteiger partial charge is 0.278 e. The van der Waals surface area contributed by atoms with Crippen LogP contribution in [-0.2, 0) is 4.79 Å². The SMILES string of the molecule is O=C(NC1CCN(c2ccc([N+](=O)[O-])c3cccnc23)CC1)C1CC1. The Labute approximate surface area is 145 Å². The number of nitro groups is 1. The van der Waals surface area contributed by atoms with Gasteiger partial charge in [-0.15, -0.1) is 0 Å². The van der Waals surface area contributed by atoms with E-state index in [0.717, 1.165) is 44.5 Å². The lowest BCUT2D eigenvalue weighted by atomic mass is 10.0. The highest BCUT2D eigenvalue weighted by molar-refractivity contribution is 5.97. The fraction of sp³-hybridized carbons (Fsp3) is 0.444. The maximum Gasteiger partial charge on any atom is 0.278 e. The maximum atomic E-state index is 11.9. The minimum absolute atomic E-state index is 0.0819. The zero-order valence-electron chi connectivity index (χ0n) is 13.9. The average Bonchev–Trinajstić information content (AvgIpc) is 3.46. The van der Waals surface area contributed by atoms with E-state index < -0.39 is 0 Å². The first-order valence-electron chi connectivity index (χ1n) is 8.71. The number of nitrogens with one attached hydrogen (secondary N) is 1. The number of amides is 1. The lowest BCUT2D eigenvalue weighted by Gasteiger charge is -2.34. The molecule has 2 aliphatic rings. The van der Waals surface area contributed by atoms with Crippen LogP contribution in [-0.4, -0.2) is 34.9 Å². The van der Waals surface area contributed by atoms with Gasteiger partial charge in [0.25, 0.3) is 5.69 Å². The standard InChI is InChI=1S/C18H20N4O3/c23-18(12-3-4-12)20-13-7-10-21(11-8-13)16-6-5-15(22(24)25)14-2-1-9-19-17(14)16/h1-2,5-6,9,12-13H,3-4,7-8,10-11H2,(H,20,23). The highest BCUT2D eigenvalue weighted by atomic mass is 16.6. The number of carbonyl (C=O) groups excluding carboxylic acids is 1. The first-order chi connectivity index (χ1) is 12.1. The molecule has 1 aliphatic carbocycles. The van der Waals surface area contributed by atoms with Gasteiger partial charge in [-0.3, -0.25) is 19.9 Å². The summed E-state index contributed by atoms with van der Waals surface area (Å²) in [5, 5.41) is 14.9. The van der Waals surface area contributed by atoms with Crippen LogP contribution in [0.3, 0.4) is 0 Å². The Morgan fingerprint density at radius 1 is 1.20 bits per heavy atom. The minimum atomic E-state index is -0.368. The molecule has 2 heterocycles. The number of benzene rings is 1. The fourth-order valence-corrected chi connectivity index (χ4v) is 3.49. The fourth-order valence-electron chi connectivity index (χ4n) is 3.49. The van der Waals surface area contributed by atoms with Gasteiger partial charge < -0.3 is 10.2 Å². The van der Waals surface area contributed by atoms with Crippen LogP contribution < -0.4 is 10.2 Å². The summed E-state index contributed by atoms with van der Waals surface area (Å²) in [6.45, 7) is 1.61. The van der Waals surface area contributed by atoms with Crippen molar-refractivity contribution < 1.29 is 9.72 Å². The van der Waals surface area contributed by atoms with Crippen molar-refractivity contribution in [2.75, 3.05) is 18.0 Å². The Kier molecular flexibility index (Phi) is 3.99. The normalized spacial score (nSPS) is 18.3. The largest absolute Gasteiger partial charge is 0.370 e. The van der Waals surface area contributed by atoms with Gasteiger partial charge in [0, 0.05) is 37.3 Å². The highest BCUT2D eigenvalue weighted by Gasteiger charge is 2.32. The molecule has 2 aromatic rings. The van der Waals surface area contributed by atoms with Gasteiger partial charge >= 0.3 is 0 Å². The van der Waals surface area contributed by atoms with E-state index in [0.29, 0.717) is 10.9 Å². The summed E-state index contributed by atoms with van der Waals surface area (Å²) in [7, 11) is 0. The highest BCUT2D eigenvalue weighted by Crippen LogP contribution is 2.33. The molecule has 4 rings (SSSR count). The first-order valence-corrected chi connectivity index (χ1v) is 8.71. The third kappa shape index (κ3) is 3.14. The molecule has 1 N–H and O–H groups in total. The van der Waals surface area contributed by atoms with E-state index >= 15 is 0 Å². The van der Waals surface area contributed by atoms with Crippen molar-refractivity contribution in [3.05, 3.63) is 40.6 Å². The molecule has 25 heavy (non-hydrogen) atoms. The van der Waals surface area contributed by atoms with Crippen molar-refractivity contribution in [2.24, 2.45) is 5.92 Å². The number of hydrogen-bond donors (Lipinski definition) is 1. The summed E-state index contributed by atoms with van der Waals surface area (Å²) < 4.78 is 0.